The molecule has 1 aromatic heterocycles. The molecule has 0 saturated carbocycles. The summed E-state index contributed by atoms with van der Waals surface area (Å²) in [5, 5.41) is 0. The Morgan fingerprint density at radius 1 is 0.778 bits per heavy atom. The molecule has 36 heavy (non-hydrogen) atoms. The minimum atomic E-state index is -0.491. The van der Waals surface area contributed by atoms with Crippen LogP contribution in [0, 0.1) is 13.8 Å². The van der Waals surface area contributed by atoms with E-state index in [1.165, 1.54) is 0 Å². The average molecular weight is 476 g/mol. The first-order valence-corrected chi connectivity index (χ1v) is 12.4. The molecule has 1 aliphatic rings. The molecule has 0 radical (unpaired) electrons. The van der Waals surface area contributed by atoms with Crippen LogP contribution < -0.4 is 0 Å². The molecule has 5 nitrogen and oxygen atoms in total. The van der Waals surface area contributed by atoms with E-state index in [1.54, 1.807) is 11.1 Å². The molecule has 1 saturated heterocycles. The monoisotopic (exact) mass is 475 g/mol. The van der Waals surface area contributed by atoms with E-state index in [1.807, 2.05) is 92.7 Å². The van der Waals surface area contributed by atoms with E-state index in [9.17, 15) is 9.59 Å². The zero-order valence-corrected chi connectivity index (χ0v) is 20.6. The standard InChI is InChI=1S/C31H29N3O2/c1-21-11-15-23(16-12-21)28-29(24-17-13-22(2)14-18-24)33-26(20-32-28)31(36)34-19-7-6-10-27(34)30(35)25-8-4-3-5-9-25/h3-5,8-9,11-18,20,27H,6-7,10,19H2,1-2H3. The molecular formula is C31H29N3O2. The van der Waals surface area contributed by atoms with Crippen LogP contribution in [0.15, 0.2) is 85.1 Å². The van der Waals surface area contributed by atoms with Crippen molar-refractivity contribution in [3.05, 3.63) is 107 Å². The summed E-state index contributed by atoms with van der Waals surface area (Å²) in [7, 11) is 0. The SMILES string of the molecule is Cc1ccc(-c2ncc(C(=O)N3CCCCC3C(=O)c3ccccc3)nc2-c2ccc(C)cc2)cc1. The van der Waals surface area contributed by atoms with Crippen molar-refractivity contribution in [1.82, 2.24) is 14.9 Å². The van der Waals surface area contributed by atoms with Crippen molar-refractivity contribution in [3.63, 3.8) is 0 Å². The number of ketones is 1. The number of piperidine rings is 1. The first-order valence-electron chi connectivity index (χ1n) is 12.4. The second-order valence-electron chi connectivity index (χ2n) is 9.42. The van der Waals surface area contributed by atoms with Crippen LogP contribution in [-0.2, 0) is 0 Å². The molecule has 0 spiro atoms. The lowest BCUT2D eigenvalue weighted by Crippen LogP contribution is -2.48. The van der Waals surface area contributed by atoms with E-state index in [-0.39, 0.29) is 17.4 Å². The highest BCUT2D eigenvalue weighted by Crippen LogP contribution is 2.30. The molecular weight excluding hydrogens is 446 g/mol. The maximum Gasteiger partial charge on any atom is 0.274 e. The number of Topliss-reactive ketones (excluding diaryl/α,β-unsaturated/α-hetero) is 1. The molecule has 0 bridgehead atoms. The molecule has 1 atom stereocenters. The maximum atomic E-state index is 13.7. The summed E-state index contributed by atoms with van der Waals surface area (Å²) in [6.45, 7) is 4.61. The van der Waals surface area contributed by atoms with Crippen molar-refractivity contribution >= 4 is 11.7 Å². The Balaban J connectivity index is 1.54. The van der Waals surface area contributed by atoms with Gasteiger partial charge in [0, 0.05) is 23.2 Å². The van der Waals surface area contributed by atoms with E-state index in [0.717, 1.165) is 40.8 Å². The van der Waals surface area contributed by atoms with Gasteiger partial charge in [-0.25, -0.2) is 4.98 Å². The number of carbonyl (C=O) groups is 2. The number of likely N-dealkylation sites (tertiary alicyclic amines) is 1. The highest BCUT2D eigenvalue weighted by molar-refractivity contribution is 6.04. The lowest BCUT2D eigenvalue weighted by molar-refractivity contribution is 0.0543. The molecule has 1 amide bonds. The second kappa shape index (κ2) is 10.2. The topological polar surface area (TPSA) is 63.2 Å². The summed E-state index contributed by atoms with van der Waals surface area (Å²) >= 11 is 0. The molecule has 0 aliphatic carbocycles. The molecule has 0 N–H and O–H groups in total. The average Bonchev–Trinajstić information content (AvgIpc) is 2.93. The van der Waals surface area contributed by atoms with Gasteiger partial charge in [-0.15, -0.1) is 0 Å². The Bertz CT molecular complexity index is 1380. The summed E-state index contributed by atoms with van der Waals surface area (Å²) in [4.78, 5) is 38.3. The predicted octanol–water partition coefficient (Wildman–Crippen LogP) is 6.31. The Kier molecular flexibility index (Phi) is 6.72. The van der Waals surface area contributed by atoms with E-state index in [0.29, 0.717) is 24.2 Å². The van der Waals surface area contributed by atoms with E-state index in [4.69, 9.17) is 9.97 Å². The molecule has 3 aromatic carbocycles. The normalized spacial score (nSPS) is 15.5. The van der Waals surface area contributed by atoms with Gasteiger partial charge in [-0.05, 0) is 33.1 Å². The molecule has 5 rings (SSSR count). The quantitative estimate of drug-likeness (QED) is 0.318. The van der Waals surface area contributed by atoms with Crippen LogP contribution in [0.3, 0.4) is 0 Å². The summed E-state index contributed by atoms with van der Waals surface area (Å²) in [5.74, 6) is -0.271. The van der Waals surface area contributed by atoms with Crippen molar-refractivity contribution in [3.8, 4) is 22.5 Å². The number of benzene rings is 3. The summed E-state index contributed by atoms with van der Waals surface area (Å²) in [6.07, 6.45) is 3.98. The Morgan fingerprint density at radius 2 is 1.39 bits per heavy atom. The predicted molar refractivity (Wildman–Crippen MR) is 142 cm³/mol. The van der Waals surface area contributed by atoms with Crippen LogP contribution in [0.4, 0.5) is 0 Å². The summed E-state index contributed by atoms with van der Waals surface area (Å²) < 4.78 is 0. The van der Waals surface area contributed by atoms with Crippen molar-refractivity contribution < 1.29 is 9.59 Å². The zero-order valence-electron chi connectivity index (χ0n) is 20.6. The highest BCUT2D eigenvalue weighted by Gasteiger charge is 2.34. The lowest BCUT2D eigenvalue weighted by atomic mass is 9.94. The largest absolute Gasteiger partial charge is 0.327 e. The maximum absolute atomic E-state index is 13.7. The molecule has 4 aromatic rings. The highest BCUT2D eigenvalue weighted by atomic mass is 16.2. The number of amides is 1. The fraction of sp³-hybridized carbons (Fsp3) is 0.226. The second-order valence-corrected chi connectivity index (χ2v) is 9.42. The number of carbonyl (C=O) groups excluding carboxylic acids is 2. The van der Waals surface area contributed by atoms with Crippen LogP contribution in [0.2, 0.25) is 0 Å². The zero-order chi connectivity index (χ0) is 25.1. The lowest BCUT2D eigenvalue weighted by Gasteiger charge is -2.34. The van der Waals surface area contributed by atoms with Gasteiger partial charge in [-0.1, -0.05) is 90.0 Å². The summed E-state index contributed by atoms with van der Waals surface area (Å²) in [5.41, 5.74) is 6.42. The first-order chi connectivity index (χ1) is 17.5. The van der Waals surface area contributed by atoms with E-state index >= 15 is 0 Å². The van der Waals surface area contributed by atoms with Crippen LogP contribution in [0.25, 0.3) is 22.5 Å². The number of aryl methyl sites for hydroxylation is 2. The van der Waals surface area contributed by atoms with Gasteiger partial charge in [0.25, 0.3) is 5.91 Å². The van der Waals surface area contributed by atoms with Gasteiger partial charge >= 0.3 is 0 Å². The Hall–Kier alpha value is -4.12. The van der Waals surface area contributed by atoms with Crippen LogP contribution in [0.1, 0.15) is 51.2 Å². The smallest absolute Gasteiger partial charge is 0.274 e. The van der Waals surface area contributed by atoms with Gasteiger partial charge in [0.05, 0.1) is 23.6 Å². The van der Waals surface area contributed by atoms with Crippen LogP contribution in [0.5, 0.6) is 0 Å². The molecule has 1 fully saturated rings. The van der Waals surface area contributed by atoms with Crippen molar-refractivity contribution in [2.24, 2.45) is 0 Å². The van der Waals surface area contributed by atoms with E-state index < -0.39 is 6.04 Å². The molecule has 2 heterocycles. The van der Waals surface area contributed by atoms with Crippen molar-refractivity contribution in [2.45, 2.75) is 39.2 Å². The molecule has 5 heteroatoms. The van der Waals surface area contributed by atoms with Gasteiger partial charge in [0.2, 0.25) is 0 Å². The van der Waals surface area contributed by atoms with Gasteiger partial charge in [0.1, 0.15) is 5.69 Å². The number of rotatable bonds is 5. The molecule has 1 aliphatic heterocycles. The molecule has 1 unspecified atom stereocenters. The number of hydrogen-bond donors (Lipinski definition) is 0. The number of hydrogen-bond acceptors (Lipinski definition) is 4. The third kappa shape index (κ3) is 4.82. The fourth-order valence-corrected chi connectivity index (χ4v) is 4.72. The van der Waals surface area contributed by atoms with Gasteiger partial charge in [-0.2, -0.15) is 0 Å². The van der Waals surface area contributed by atoms with Gasteiger partial charge in [-0.3, -0.25) is 14.6 Å². The Labute approximate surface area is 211 Å². The third-order valence-electron chi connectivity index (χ3n) is 6.77. The number of aromatic nitrogens is 2. The molecule has 180 valence electrons. The van der Waals surface area contributed by atoms with Gasteiger partial charge in [0.15, 0.2) is 5.78 Å². The Morgan fingerprint density at radius 3 is 2.03 bits per heavy atom. The van der Waals surface area contributed by atoms with Crippen molar-refractivity contribution in [1.29, 1.82) is 0 Å². The van der Waals surface area contributed by atoms with E-state index in [2.05, 4.69) is 0 Å². The third-order valence-corrected chi connectivity index (χ3v) is 6.77. The van der Waals surface area contributed by atoms with Crippen molar-refractivity contribution in [2.75, 3.05) is 6.54 Å². The van der Waals surface area contributed by atoms with Gasteiger partial charge < -0.3 is 4.90 Å². The van der Waals surface area contributed by atoms with Crippen LogP contribution in [-0.4, -0.2) is 39.1 Å². The fourth-order valence-electron chi connectivity index (χ4n) is 4.72. The minimum absolute atomic E-state index is 0.0216. The summed E-state index contributed by atoms with van der Waals surface area (Å²) in [6, 6.07) is 24.9. The number of nitrogens with zero attached hydrogens (tertiary/aromatic N) is 3. The first kappa shape index (κ1) is 23.6. The van der Waals surface area contributed by atoms with Crippen LogP contribution >= 0.6 is 0 Å². The minimum Gasteiger partial charge on any atom is -0.327 e.